The average Bonchev–Trinajstić information content (AvgIpc) is 2.15. The number of nitrogens with zero attached hydrogens (tertiary/aromatic N) is 1. The topological polar surface area (TPSA) is 3.24 Å². The van der Waals surface area contributed by atoms with Gasteiger partial charge in [-0.15, -0.1) is 0 Å². The quantitative estimate of drug-likeness (QED) is 0.746. The van der Waals surface area contributed by atoms with Crippen LogP contribution in [0.5, 0.6) is 0 Å². The zero-order valence-electron chi connectivity index (χ0n) is 9.20. The predicted molar refractivity (Wildman–Crippen MR) is 66.1 cm³/mol. The average molecular weight is 209 g/mol. The van der Waals surface area contributed by atoms with E-state index < -0.39 is 0 Å². The highest BCUT2D eigenvalue weighted by atomic mass is 32.1. The number of thiol groups is 1. The zero-order valence-corrected chi connectivity index (χ0v) is 10.1. The largest absolute Gasteiger partial charge is 0.302 e. The van der Waals surface area contributed by atoms with Gasteiger partial charge in [-0.1, -0.05) is 24.3 Å². The van der Waals surface area contributed by atoms with Crippen molar-refractivity contribution in [2.75, 3.05) is 19.8 Å². The van der Waals surface area contributed by atoms with E-state index in [-0.39, 0.29) is 0 Å². The van der Waals surface area contributed by atoms with Crippen LogP contribution in [0, 0.1) is 6.92 Å². The van der Waals surface area contributed by atoms with Crippen molar-refractivity contribution in [1.82, 2.24) is 4.90 Å². The Kier molecular flexibility index (Phi) is 4.49. The highest BCUT2D eigenvalue weighted by molar-refractivity contribution is 7.80. The van der Waals surface area contributed by atoms with Crippen molar-refractivity contribution in [2.45, 2.75) is 19.4 Å². The van der Waals surface area contributed by atoms with Gasteiger partial charge in [0.15, 0.2) is 0 Å². The van der Waals surface area contributed by atoms with Crippen LogP contribution < -0.4 is 0 Å². The van der Waals surface area contributed by atoms with Crippen LogP contribution in [0.1, 0.15) is 23.6 Å². The van der Waals surface area contributed by atoms with Gasteiger partial charge in [-0.25, -0.2) is 0 Å². The normalized spacial score (nSPS) is 13.2. The van der Waals surface area contributed by atoms with Gasteiger partial charge in [0.05, 0.1) is 0 Å². The molecule has 0 saturated heterocycles. The molecular formula is C12H19NS. The Morgan fingerprint density at radius 2 is 1.93 bits per heavy atom. The molecule has 1 atom stereocenters. The van der Waals surface area contributed by atoms with Crippen LogP contribution >= 0.6 is 12.6 Å². The Morgan fingerprint density at radius 3 is 2.43 bits per heavy atom. The Hall–Kier alpha value is -0.470. The standard InChI is InChI=1S/C12H19NS/c1-10-6-4-5-7-11(10)12(8-9-14)13(2)3/h4-7,12,14H,8-9H2,1-3H3. The molecule has 1 aromatic rings. The first-order valence-electron chi connectivity index (χ1n) is 4.99. The van der Waals surface area contributed by atoms with Crippen molar-refractivity contribution in [3.8, 4) is 0 Å². The number of benzene rings is 1. The number of hydrogen-bond acceptors (Lipinski definition) is 2. The van der Waals surface area contributed by atoms with E-state index in [2.05, 4.69) is 62.8 Å². The maximum absolute atomic E-state index is 4.31. The van der Waals surface area contributed by atoms with Gasteiger partial charge in [0.1, 0.15) is 0 Å². The van der Waals surface area contributed by atoms with Crippen LogP contribution in [0.25, 0.3) is 0 Å². The van der Waals surface area contributed by atoms with E-state index in [1.165, 1.54) is 11.1 Å². The molecular weight excluding hydrogens is 190 g/mol. The Morgan fingerprint density at radius 1 is 1.29 bits per heavy atom. The maximum atomic E-state index is 4.31. The smallest absolute Gasteiger partial charge is 0.0352 e. The molecule has 14 heavy (non-hydrogen) atoms. The highest BCUT2D eigenvalue weighted by Crippen LogP contribution is 2.24. The van der Waals surface area contributed by atoms with Crippen LogP contribution in [0.4, 0.5) is 0 Å². The minimum Gasteiger partial charge on any atom is -0.302 e. The Bertz CT molecular complexity index is 283. The van der Waals surface area contributed by atoms with Crippen LogP contribution in [-0.4, -0.2) is 24.7 Å². The fourth-order valence-corrected chi connectivity index (χ4v) is 2.02. The molecule has 2 heteroatoms. The van der Waals surface area contributed by atoms with Gasteiger partial charge >= 0.3 is 0 Å². The van der Waals surface area contributed by atoms with Crippen LogP contribution in [0.2, 0.25) is 0 Å². The third-order valence-electron chi connectivity index (χ3n) is 2.57. The van der Waals surface area contributed by atoms with Crippen molar-refractivity contribution >= 4 is 12.6 Å². The molecule has 0 saturated carbocycles. The second kappa shape index (κ2) is 5.42. The van der Waals surface area contributed by atoms with E-state index in [1.54, 1.807) is 0 Å². The first-order chi connectivity index (χ1) is 6.66. The molecule has 0 N–H and O–H groups in total. The molecule has 1 aromatic carbocycles. The third kappa shape index (κ3) is 2.76. The summed E-state index contributed by atoms with van der Waals surface area (Å²) in [7, 11) is 4.25. The number of aryl methyl sites for hydroxylation is 1. The van der Waals surface area contributed by atoms with E-state index >= 15 is 0 Å². The van der Waals surface area contributed by atoms with Gasteiger partial charge in [0, 0.05) is 6.04 Å². The molecule has 1 rings (SSSR count). The molecule has 0 spiro atoms. The van der Waals surface area contributed by atoms with Crippen LogP contribution in [0.15, 0.2) is 24.3 Å². The van der Waals surface area contributed by atoms with Crippen molar-refractivity contribution in [1.29, 1.82) is 0 Å². The van der Waals surface area contributed by atoms with Crippen molar-refractivity contribution in [3.63, 3.8) is 0 Å². The third-order valence-corrected chi connectivity index (χ3v) is 2.83. The molecule has 1 nitrogen and oxygen atoms in total. The van der Waals surface area contributed by atoms with Crippen molar-refractivity contribution in [2.24, 2.45) is 0 Å². The second-order valence-electron chi connectivity index (χ2n) is 3.85. The lowest BCUT2D eigenvalue weighted by molar-refractivity contribution is 0.293. The predicted octanol–water partition coefficient (Wildman–Crippen LogP) is 2.92. The number of hydrogen-bond donors (Lipinski definition) is 1. The summed E-state index contributed by atoms with van der Waals surface area (Å²) in [6, 6.07) is 9.07. The first kappa shape index (κ1) is 11.6. The Labute approximate surface area is 92.5 Å². The van der Waals surface area contributed by atoms with Gasteiger partial charge < -0.3 is 4.90 Å². The zero-order chi connectivity index (χ0) is 10.6. The summed E-state index contributed by atoms with van der Waals surface area (Å²) in [5, 5.41) is 0. The molecule has 0 aliphatic rings. The molecule has 0 aliphatic carbocycles. The lowest BCUT2D eigenvalue weighted by Gasteiger charge is -2.25. The fraction of sp³-hybridized carbons (Fsp3) is 0.500. The SMILES string of the molecule is Cc1ccccc1C(CCS)N(C)C. The molecule has 78 valence electrons. The lowest BCUT2D eigenvalue weighted by atomic mass is 9.99. The van der Waals surface area contributed by atoms with Crippen LogP contribution in [0.3, 0.4) is 0 Å². The van der Waals surface area contributed by atoms with Crippen molar-refractivity contribution < 1.29 is 0 Å². The molecule has 0 amide bonds. The van der Waals surface area contributed by atoms with Gasteiger partial charge in [0.2, 0.25) is 0 Å². The molecule has 0 radical (unpaired) electrons. The monoisotopic (exact) mass is 209 g/mol. The van der Waals surface area contributed by atoms with Crippen LogP contribution in [-0.2, 0) is 0 Å². The minimum absolute atomic E-state index is 0.494. The van der Waals surface area contributed by atoms with E-state index in [9.17, 15) is 0 Å². The molecule has 0 bridgehead atoms. The summed E-state index contributed by atoms with van der Waals surface area (Å²) in [6.07, 6.45) is 1.10. The Balaban J connectivity index is 2.93. The van der Waals surface area contributed by atoms with Gasteiger partial charge in [-0.2, -0.15) is 12.6 Å². The summed E-state index contributed by atoms with van der Waals surface area (Å²) in [5.74, 6) is 0.928. The van der Waals surface area contributed by atoms with Gasteiger partial charge in [0.25, 0.3) is 0 Å². The van der Waals surface area contributed by atoms with Gasteiger partial charge in [-0.3, -0.25) is 0 Å². The highest BCUT2D eigenvalue weighted by Gasteiger charge is 2.14. The summed E-state index contributed by atoms with van der Waals surface area (Å²) >= 11 is 4.31. The lowest BCUT2D eigenvalue weighted by Crippen LogP contribution is -2.21. The first-order valence-corrected chi connectivity index (χ1v) is 5.63. The minimum atomic E-state index is 0.494. The fourth-order valence-electron chi connectivity index (χ4n) is 1.77. The summed E-state index contributed by atoms with van der Waals surface area (Å²) in [5.41, 5.74) is 2.79. The summed E-state index contributed by atoms with van der Waals surface area (Å²) in [4.78, 5) is 2.26. The van der Waals surface area contributed by atoms with E-state index in [0.717, 1.165) is 12.2 Å². The van der Waals surface area contributed by atoms with E-state index in [0.29, 0.717) is 6.04 Å². The molecule has 1 unspecified atom stereocenters. The maximum Gasteiger partial charge on any atom is 0.0352 e. The summed E-state index contributed by atoms with van der Waals surface area (Å²) < 4.78 is 0. The van der Waals surface area contributed by atoms with E-state index in [4.69, 9.17) is 0 Å². The number of rotatable bonds is 4. The molecule has 0 fully saturated rings. The second-order valence-corrected chi connectivity index (χ2v) is 4.30. The molecule has 0 heterocycles. The van der Waals surface area contributed by atoms with Gasteiger partial charge in [-0.05, 0) is 44.3 Å². The van der Waals surface area contributed by atoms with Crippen molar-refractivity contribution in [3.05, 3.63) is 35.4 Å². The summed E-state index contributed by atoms with van der Waals surface area (Å²) in [6.45, 7) is 2.17. The van der Waals surface area contributed by atoms with E-state index in [1.807, 2.05) is 0 Å². The molecule has 0 aromatic heterocycles. The molecule has 0 aliphatic heterocycles.